The Morgan fingerprint density at radius 3 is 2.69 bits per heavy atom. The quantitative estimate of drug-likeness (QED) is 0.649. The molecule has 1 saturated heterocycles. The van der Waals surface area contributed by atoms with Gasteiger partial charge >= 0.3 is 0 Å². The number of aromatic nitrogens is 1. The molecule has 29 heavy (non-hydrogen) atoms. The van der Waals surface area contributed by atoms with Gasteiger partial charge in [-0.1, -0.05) is 42.5 Å². The van der Waals surface area contributed by atoms with Crippen LogP contribution < -0.4 is 9.64 Å². The molecular weight excluding hydrogens is 364 g/mol. The molecule has 1 N–H and O–H groups in total. The van der Waals surface area contributed by atoms with Crippen LogP contribution in [0.3, 0.4) is 0 Å². The maximum absolute atomic E-state index is 12.5. The van der Waals surface area contributed by atoms with Gasteiger partial charge in [0, 0.05) is 36.5 Å². The summed E-state index contributed by atoms with van der Waals surface area (Å²) in [5.74, 6) is 0.343. The van der Waals surface area contributed by atoms with Crippen LogP contribution in [0.4, 0.5) is 5.69 Å². The Morgan fingerprint density at radius 2 is 1.97 bits per heavy atom. The number of nitrogens with zero attached hydrogens (tertiary/aromatic N) is 2. The number of aryl methyl sites for hydroxylation is 1. The molecule has 0 aliphatic carbocycles. The second-order valence-electron chi connectivity index (χ2n) is 7.33. The highest BCUT2D eigenvalue weighted by Gasteiger charge is 2.27. The minimum absolute atomic E-state index is 0.0103. The molecule has 0 amide bonds. The first-order chi connectivity index (χ1) is 14.1. The minimum Gasteiger partial charge on any atom is -0.472 e. The number of carbonyl (C=O) groups excluding carboxylic acids is 1. The zero-order valence-electron chi connectivity index (χ0n) is 16.4. The lowest BCUT2D eigenvalue weighted by molar-refractivity contribution is 0.0904. The third-order valence-corrected chi connectivity index (χ3v) is 5.21. The van der Waals surface area contributed by atoms with Crippen LogP contribution in [-0.2, 0) is 0 Å². The van der Waals surface area contributed by atoms with Gasteiger partial charge in [0.15, 0.2) is 5.78 Å². The lowest BCUT2D eigenvalue weighted by Gasteiger charge is -2.22. The van der Waals surface area contributed by atoms with Gasteiger partial charge in [-0.15, -0.1) is 0 Å². The number of ether oxygens (including phenoxy) is 1. The summed E-state index contributed by atoms with van der Waals surface area (Å²) in [5, 5.41) is 9.49. The van der Waals surface area contributed by atoms with Gasteiger partial charge in [0.2, 0.25) is 5.88 Å². The molecule has 5 nitrogen and oxygen atoms in total. The molecule has 1 aromatic heterocycles. The number of hydrogen-bond acceptors (Lipinski definition) is 5. The van der Waals surface area contributed by atoms with E-state index in [2.05, 4.69) is 9.88 Å². The molecule has 0 spiro atoms. The maximum atomic E-state index is 12.5. The molecule has 1 aliphatic rings. The summed E-state index contributed by atoms with van der Waals surface area (Å²) in [6.07, 6.45) is 2.65. The Balaban J connectivity index is 1.56. The average molecular weight is 388 g/mol. The van der Waals surface area contributed by atoms with Crippen LogP contribution in [0.2, 0.25) is 0 Å². The van der Waals surface area contributed by atoms with Crippen LogP contribution in [-0.4, -0.2) is 41.7 Å². The molecule has 0 radical (unpaired) electrons. The van der Waals surface area contributed by atoms with Crippen LogP contribution in [0, 0.1) is 6.92 Å². The minimum atomic E-state index is -0.508. The molecule has 2 heterocycles. The van der Waals surface area contributed by atoms with Crippen LogP contribution >= 0.6 is 0 Å². The number of hydrogen-bond donors (Lipinski definition) is 1. The monoisotopic (exact) mass is 388 g/mol. The first kappa shape index (κ1) is 19.2. The Kier molecular flexibility index (Phi) is 5.58. The van der Waals surface area contributed by atoms with Gasteiger partial charge in [0.1, 0.15) is 12.7 Å². The standard InChI is InChI=1S/C24H24N2O3/c1-17-7-10-24(25-14-17)29-20-11-12-26(15-20)22-9-8-19(13-21(22)23(28)16-27)18-5-3-2-4-6-18/h2-10,13-14,20,27H,11-12,15-16H2,1H3/t20-/m0/s1. The van der Waals surface area contributed by atoms with E-state index < -0.39 is 6.61 Å². The highest BCUT2D eigenvalue weighted by Crippen LogP contribution is 2.31. The number of anilines is 1. The van der Waals surface area contributed by atoms with Gasteiger partial charge < -0.3 is 14.7 Å². The number of aliphatic hydroxyl groups is 1. The van der Waals surface area contributed by atoms with Crippen LogP contribution in [0.15, 0.2) is 66.9 Å². The molecule has 3 aromatic rings. The van der Waals surface area contributed by atoms with Gasteiger partial charge in [-0.25, -0.2) is 4.98 Å². The molecular formula is C24H24N2O3. The van der Waals surface area contributed by atoms with Gasteiger partial charge in [-0.3, -0.25) is 4.79 Å². The molecule has 0 bridgehead atoms. The number of carbonyl (C=O) groups is 1. The van der Waals surface area contributed by atoms with E-state index >= 15 is 0 Å². The van der Waals surface area contributed by atoms with Crippen LogP contribution in [0.1, 0.15) is 22.3 Å². The van der Waals surface area contributed by atoms with E-state index in [0.29, 0.717) is 18.0 Å². The van der Waals surface area contributed by atoms with Crippen molar-refractivity contribution < 1.29 is 14.6 Å². The molecule has 148 valence electrons. The summed E-state index contributed by atoms with van der Waals surface area (Å²) in [5.41, 5.74) is 4.48. The summed E-state index contributed by atoms with van der Waals surface area (Å²) < 4.78 is 6.01. The lowest BCUT2D eigenvalue weighted by Crippen LogP contribution is -2.26. The second-order valence-corrected chi connectivity index (χ2v) is 7.33. The summed E-state index contributed by atoms with van der Waals surface area (Å²) in [7, 11) is 0. The van der Waals surface area contributed by atoms with Crippen LogP contribution in [0.25, 0.3) is 11.1 Å². The molecule has 0 unspecified atom stereocenters. The average Bonchev–Trinajstić information content (AvgIpc) is 3.23. The molecule has 4 rings (SSSR count). The van der Waals surface area contributed by atoms with E-state index in [-0.39, 0.29) is 11.9 Å². The number of benzene rings is 2. The fourth-order valence-corrected chi connectivity index (χ4v) is 3.67. The first-order valence-electron chi connectivity index (χ1n) is 9.82. The van der Waals surface area contributed by atoms with Crippen molar-refractivity contribution >= 4 is 11.5 Å². The van der Waals surface area contributed by atoms with E-state index in [0.717, 1.165) is 35.3 Å². The normalized spacial score (nSPS) is 16.1. The zero-order valence-corrected chi connectivity index (χ0v) is 16.4. The summed E-state index contributed by atoms with van der Waals surface area (Å²) in [6.45, 7) is 2.94. The van der Waals surface area contributed by atoms with Gasteiger partial charge in [0.25, 0.3) is 0 Å². The Bertz CT molecular complexity index is 987. The Hall–Kier alpha value is -3.18. The van der Waals surface area contributed by atoms with E-state index in [1.807, 2.05) is 67.6 Å². The summed E-state index contributed by atoms with van der Waals surface area (Å²) in [4.78, 5) is 18.9. The predicted octanol–water partition coefficient (Wildman–Crippen LogP) is 3.89. The Morgan fingerprint density at radius 1 is 1.14 bits per heavy atom. The van der Waals surface area contributed by atoms with E-state index in [9.17, 15) is 9.90 Å². The van der Waals surface area contributed by atoms with Gasteiger partial charge in [-0.05, 0) is 35.7 Å². The lowest BCUT2D eigenvalue weighted by atomic mass is 9.99. The van der Waals surface area contributed by atoms with Crippen molar-refractivity contribution in [1.82, 2.24) is 4.98 Å². The van der Waals surface area contributed by atoms with Crippen molar-refractivity contribution in [1.29, 1.82) is 0 Å². The number of aliphatic hydroxyl groups excluding tert-OH is 1. The summed E-state index contributed by atoms with van der Waals surface area (Å²) >= 11 is 0. The van der Waals surface area contributed by atoms with Crippen molar-refractivity contribution in [3.05, 3.63) is 78.0 Å². The Labute approximate surface area is 170 Å². The van der Waals surface area contributed by atoms with E-state index in [4.69, 9.17) is 4.74 Å². The third kappa shape index (κ3) is 4.30. The topological polar surface area (TPSA) is 62.7 Å². The van der Waals surface area contributed by atoms with Gasteiger partial charge in [0.05, 0.1) is 6.54 Å². The van der Waals surface area contributed by atoms with Crippen molar-refractivity contribution in [2.75, 3.05) is 24.6 Å². The fraction of sp³-hybridized carbons (Fsp3) is 0.250. The third-order valence-electron chi connectivity index (χ3n) is 5.21. The number of Topliss-reactive ketones (excluding diaryl/α,β-unsaturated/α-hetero) is 1. The van der Waals surface area contributed by atoms with Crippen molar-refractivity contribution in [3.8, 4) is 17.0 Å². The number of ketones is 1. The number of pyridine rings is 1. The number of rotatable bonds is 6. The fourth-order valence-electron chi connectivity index (χ4n) is 3.67. The van der Waals surface area contributed by atoms with Crippen molar-refractivity contribution in [2.24, 2.45) is 0 Å². The zero-order chi connectivity index (χ0) is 20.2. The largest absolute Gasteiger partial charge is 0.472 e. The molecule has 1 fully saturated rings. The second kappa shape index (κ2) is 8.45. The van der Waals surface area contributed by atoms with Crippen LogP contribution in [0.5, 0.6) is 5.88 Å². The molecule has 5 heteroatoms. The molecule has 0 saturated carbocycles. The van der Waals surface area contributed by atoms with Gasteiger partial charge in [-0.2, -0.15) is 0 Å². The van der Waals surface area contributed by atoms with Crippen molar-refractivity contribution in [3.63, 3.8) is 0 Å². The molecule has 2 aromatic carbocycles. The molecule has 1 aliphatic heterocycles. The highest BCUT2D eigenvalue weighted by molar-refractivity contribution is 6.03. The van der Waals surface area contributed by atoms with E-state index in [1.165, 1.54) is 0 Å². The maximum Gasteiger partial charge on any atom is 0.213 e. The molecule has 1 atom stereocenters. The predicted molar refractivity (Wildman–Crippen MR) is 114 cm³/mol. The highest BCUT2D eigenvalue weighted by atomic mass is 16.5. The van der Waals surface area contributed by atoms with E-state index in [1.54, 1.807) is 6.20 Å². The summed E-state index contributed by atoms with van der Waals surface area (Å²) in [6, 6.07) is 19.7. The first-order valence-corrected chi connectivity index (χ1v) is 9.82. The smallest absolute Gasteiger partial charge is 0.213 e. The SMILES string of the molecule is Cc1ccc(O[C@H]2CCN(c3ccc(-c4ccccc4)cc3C(=O)CO)C2)nc1. The van der Waals surface area contributed by atoms with Crippen molar-refractivity contribution in [2.45, 2.75) is 19.4 Å².